The number of hydrogen-bond donors (Lipinski definition) is 0. The van der Waals surface area contributed by atoms with E-state index in [-0.39, 0.29) is 5.97 Å². The van der Waals surface area contributed by atoms with Crippen molar-refractivity contribution in [2.75, 3.05) is 37.9 Å². The number of unbranched alkanes of at least 4 members (excludes halogenated alkanes) is 15. The van der Waals surface area contributed by atoms with Gasteiger partial charge in [-0.15, -0.1) is 0 Å². The maximum Gasteiger partial charge on any atom is 0.500 e. The van der Waals surface area contributed by atoms with Crippen molar-refractivity contribution in [1.29, 1.82) is 0 Å². The molecule has 0 atom stereocenters. The summed E-state index contributed by atoms with van der Waals surface area (Å²) in [6.45, 7) is 10.7. The van der Waals surface area contributed by atoms with E-state index in [0.717, 1.165) is 30.4 Å². The van der Waals surface area contributed by atoms with E-state index in [4.69, 9.17) is 18.0 Å². The van der Waals surface area contributed by atoms with Crippen LogP contribution in [0.2, 0.25) is 6.04 Å². The minimum absolute atomic E-state index is 0.0601. The molecule has 0 spiro atoms. The van der Waals surface area contributed by atoms with E-state index in [1.165, 1.54) is 96.3 Å². The Kier molecular flexibility index (Phi) is 28.8. The number of hydrogen-bond acceptors (Lipinski definition) is 6. The molecule has 222 valence electrons. The molecule has 0 heterocycles. The van der Waals surface area contributed by atoms with Crippen LogP contribution in [0.4, 0.5) is 0 Å². The molecule has 0 aromatic heterocycles. The lowest BCUT2D eigenvalue weighted by atomic mass is 10.0. The lowest BCUT2D eigenvalue weighted by molar-refractivity contribution is -0.143. The van der Waals surface area contributed by atoms with E-state index in [1.54, 1.807) is 11.8 Å². The van der Waals surface area contributed by atoms with E-state index in [1.807, 2.05) is 20.8 Å². The van der Waals surface area contributed by atoms with Gasteiger partial charge in [0.05, 0.1) is 13.0 Å². The van der Waals surface area contributed by atoms with Crippen LogP contribution in [0.25, 0.3) is 0 Å². The van der Waals surface area contributed by atoms with Crippen LogP contribution < -0.4 is 0 Å². The van der Waals surface area contributed by atoms with Gasteiger partial charge in [-0.25, -0.2) is 0 Å². The Balaban J connectivity index is 3.45. The number of carbonyl (C=O) groups is 1. The molecule has 0 aliphatic rings. The Hall–Kier alpha value is -0.0831. The molecular formula is C30H62O5SSi. The summed E-state index contributed by atoms with van der Waals surface area (Å²) in [6, 6.07) is 0.833. The van der Waals surface area contributed by atoms with E-state index >= 15 is 0 Å². The molecule has 0 bridgehead atoms. The number of esters is 1. The highest BCUT2D eigenvalue weighted by molar-refractivity contribution is 7.99. The molecule has 0 amide bonds. The molecule has 37 heavy (non-hydrogen) atoms. The Morgan fingerprint density at radius 3 is 1.43 bits per heavy atom. The van der Waals surface area contributed by atoms with Gasteiger partial charge in [0.1, 0.15) is 0 Å². The summed E-state index contributed by atoms with van der Waals surface area (Å²) in [7, 11) is -2.53. The summed E-state index contributed by atoms with van der Waals surface area (Å²) in [6.07, 6.45) is 23.2. The largest absolute Gasteiger partial charge is 0.500 e. The summed E-state index contributed by atoms with van der Waals surface area (Å²) >= 11 is 1.80. The molecule has 0 aliphatic heterocycles. The molecule has 0 aromatic rings. The van der Waals surface area contributed by atoms with Gasteiger partial charge in [-0.2, -0.15) is 11.8 Å². The van der Waals surface area contributed by atoms with Crippen molar-refractivity contribution < 1.29 is 22.8 Å². The van der Waals surface area contributed by atoms with Crippen molar-refractivity contribution in [2.24, 2.45) is 0 Å². The standard InChI is InChI=1S/C30H62O5SSi/c1-5-9-10-11-12-13-14-15-16-17-18-19-20-21-22-23-26-32-30(31)25-28-36-27-24-29-37(33-6-2,34-7-3)35-8-4/h5-29H2,1-4H3. The Morgan fingerprint density at radius 1 is 0.568 bits per heavy atom. The van der Waals surface area contributed by atoms with Crippen LogP contribution in [0, 0.1) is 0 Å². The summed E-state index contributed by atoms with van der Waals surface area (Å²) in [5.74, 6) is 1.73. The zero-order chi connectivity index (χ0) is 27.3. The van der Waals surface area contributed by atoms with Gasteiger partial charge in [0.15, 0.2) is 0 Å². The SMILES string of the molecule is CCCCCCCCCCCCCCCCCCOC(=O)CCSCCC[Si](OCC)(OCC)OCC. The lowest BCUT2D eigenvalue weighted by Gasteiger charge is -2.28. The highest BCUT2D eigenvalue weighted by Crippen LogP contribution is 2.20. The third-order valence-corrected chi connectivity index (χ3v) is 10.8. The summed E-state index contributed by atoms with van der Waals surface area (Å²) in [5.41, 5.74) is 0. The maximum atomic E-state index is 12.0. The highest BCUT2D eigenvalue weighted by atomic mass is 32.2. The predicted molar refractivity (Wildman–Crippen MR) is 163 cm³/mol. The minimum atomic E-state index is -2.53. The molecule has 0 fully saturated rings. The molecule has 5 nitrogen and oxygen atoms in total. The van der Waals surface area contributed by atoms with Gasteiger partial charge in [0, 0.05) is 31.6 Å². The molecule has 0 radical (unpaired) electrons. The Labute approximate surface area is 236 Å². The number of rotatable bonds is 30. The van der Waals surface area contributed by atoms with Crippen molar-refractivity contribution in [3.8, 4) is 0 Å². The molecule has 0 aliphatic carbocycles. The normalized spacial score (nSPS) is 11.8. The second-order valence-corrected chi connectivity index (χ2v) is 13.9. The molecular weight excluding hydrogens is 500 g/mol. The van der Waals surface area contributed by atoms with Gasteiger partial charge >= 0.3 is 14.8 Å². The van der Waals surface area contributed by atoms with Crippen LogP contribution >= 0.6 is 11.8 Å². The third kappa shape index (κ3) is 24.7. The first-order chi connectivity index (χ1) is 18.1. The molecule has 0 saturated carbocycles. The van der Waals surface area contributed by atoms with Crippen molar-refractivity contribution in [2.45, 2.75) is 149 Å². The quantitative estimate of drug-likeness (QED) is 0.0494. The van der Waals surface area contributed by atoms with Crippen LogP contribution in [-0.4, -0.2) is 52.7 Å². The van der Waals surface area contributed by atoms with E-state index < -0.39 is 8.80 Å². The van der Waals surface area contributed by atoms with Crippen LogP contribution in [-0.2, 0) is 22.8 Å². The van der Waals surface area contributed by atoms with Crippen LogP contribution in [0.3, 0.4) is 0 Å². The molecule has 7 heteroatoms. The predicted octanol–water partition coefficient (Wildman–Crippen LogP) is 9.35. The molecule has 0 aromatic carbocycles. The minimum Gasteiger partial charge on any atom is -0.466 e. The zero-order valence-corrected chi connectivity index (χ0v) is 26.9. The molecule has 0 saturated heterocycles. The molecule has 0 N–H and O–H groups in total. The number of thioether (sulfide) groups is 1. The average molecular weight is 563 g/mol. The van der Waals surface area contributed by atoms with Crippen molar-refractivity contribution in [3.05, 3.63) is 0 Å². The average Bonchev–Trinajstić information content (AvgIpc) is 2.88. The molecule has 0 unspecified atom stereocenters. The van der Waals surface area contributed by atoms with Gasteiger partial charge in [0.2, 0.25) is 0 Å². The fourth-order valence-electron chi connectivity index (χ4n) is 4.56. The number of ether oxygens (including phenoxy) is 1. The van der Waals surface area contributed by atoms with Gasteiger partial charge in [-0.3, -0.25) is 4.79 Å². The third-order valence-electron chi connectivity index (χ3n) is 6.58. The van der Waals surface area contributed by atoms with Crippen molar-refractivity contribution in [1.82, 2.24) is 0 Å². The monoisotopic (exact) mass is 562 g/mol. The fourth-order valence-corrected chi connectivity index (χ4v) is 8.29. The Morgan fingerprint density at radius 2 is 1.00 bits per heavy atom. The first kappa shape index (κ1) is 36.9. The van der Waals surface area contributed by atoms with Gasteiger partial charge in [0.25, 0.3) is 0 Å². The van der Waals surface area contributed by atoms with Crippen LogP contribution in [0.1, 0.15) is 143 Å². The second kappa shape index (κ2) is 28.9. The first-order valence-electron chi connectivity index (χ1n) is 15.8. The van der Waals surface area contributed by atoms with Gasteiger partial charge in [-0.05, 0) is 39.4 Å². The van der Waals surface area contributed by atoms with E-state index in [0.29, 0.717) is 32.8 Å². The molecule has 0 rings (SSSR count). The summed E-state index contributed by atoms with van der Waals surface area (Å²) in [4.78, 5) is 12.0. The Bertz CT molecular complexity index is 464. The van der Waals surface area contributed by atoms with Gasteiger partial charge < -0.3 is 18.0 Å². The second-order valence-electron chi connectivity index (χ2n) is 9.97. The zero-order valence-electron chi connectivity index (χ0n) is 25.1. The van der Waals surface area contributed by atoms with Crippen molar-refractivity contribution >= 4 is 26.5 Å². The lowest BCUT2D eigenvalue weighted by Crippen LogP contribution is -2.46. The van der Waals surface area contributed by atoms with E-state index in [9.17, 15) is 4.79 Å². The number of carbonyl (C=O) groups excluding carboxylic acids is 1. The topological polar surface area (TPSA) is 54.0 Å². The summed E-state index contributed by atoms with van der Waals surface area (Å²) in [5, 5.41) is 0. The van der Waals surface area contributed by atoms with Crippen molar-refractivity contribution in [3.63, 3.8) is 0 Å². The first-order valence-corrected chi connectivity index (χ1v) is 18.9. The van der Waals surface area contributed by atoms with Crippen LogP contribution in [0.15, 0.2) is 0 Å². The van der Waals surface area contributed by atoms with E-state index in [2.05, 4.69) is 6.92 Å². The maximum absolute atomic E-state index is 12.0. The highest BCUT2D eigenvalue weighted by Gasteiger charge is 2.39. The smallest absolute Gasteiger partial charge is 0.466 e. The fraction of sp³-hybridized carbons (Fsp3) is 0.967. The van der Waals surface area contributed by atoms with Gasteiger partial charge in [-0.1, -0.05) is 103 Å². The van der Waals surface area contributed by atoms with Crippen LogP contribution in [0.5, 0.6) is 0 Å². The summed E-state index contributed by atoms with van der Waals surface area (Å²) < 4.78 is 23.1.